The lowest BCUT2D eigenvalue weighted by Gasteiger charge is -2.16. The summed E-state index contributed by atoms with van der Waals surface area (Å²) < 4.78 is 4.48. The van der Waals surface area contributed by atoms with Crippen LogP contribution in [0.15, 0.2) is 242 Å². The molecule has 0 saturated heterocycles. The molecule has 0 amide bonds. The number of para-hydroxylation sites is 3. The van der Waals surface area contributed by atoms with Gasteiger partial charge in [-0.3, -0.25) is 15.5 Å². The summed E-state index contributed by atoms with van der Waals surface area (Å²) >= 11 is 0. The van der Waals surface area contributed by atoms with Crippen molar-refractivity contribution in [1.29, 1.82) is 5.41 Å². The lowest BCUT2D eigenvalue weighted by atomic mass is 10.0. The smallest absolute Gasteiger partial charge is 0.162 e. The average Bonchev–Trinajstić information content (AvgIpc) is 3.89. The Morgan fingerprint density at radius 3 is 1.66 bits per heavy atom. The summed E-state index contributed by atoms with van der Waals surface area (Å²) in [6, 6.07) is 81.3. The highest BCUT2D eigenvalue weighted by atomic mass is 15.4. The number of nitrogens with zero attached hydrogens (tertiary/aromatic N) is 5. The second kappa shape index (κ2) is 16.7. The van der Waals surface area contributed by atoms with E-state index in [9.17, 15) is 0 Å². The Morgan fingerprint density at radius 2 is 0.925 bits per heavy atom. The summed E-state index contributed by atoms with van der Waals surface area (Å²) in [4.78, 5) is 15.6. The number of rotatable bonds is 8. The summed E-state index contributed by atoms with van der Waals surface area (Å²) in [5.74, 6) is 1.37. The first-order chi connectivity index (χ1) is 33.1. The molecule has 67 heavy (non-hydrogen) atoms. The van der Waals surface area contributed by atoms with Crippen molar-refractivity contribution in [2.45, 2.75) is 0 Å². The summed E-state index contributed by atoms with van der Waals surface area (Å²) in [7, 11) is 0. The first-order valence-corrected chi connectivity index (χ1v) is 22.4. The maximum atomic E-state index is 9.03. The van der Waals surface area contributed by atoms with Gasteiger partial charge in [-0.15, -0.1) is 0 Å². The van der Waals surface area contributed by atoms with Crippen molar-refractivity contribution in [2.75, 3.05) is 5.43 Å². The summed E-state index contributed by atoms with van der Waals surface area (Å²) in [6.07, 6.45) is 0. The minimum absolute atomic E-state index is 0.169. The molecular formula is C60H41N7. The highest BCUT2D eigenvalue weighted by molar-refractivity contribution is 6.20. The predicted octanol–water partition coefficient (Wildman–Crippen LogP) is 14.4. The third-order valence-electron chi connectivity index (χ3n) is 12.4. The Labute approximate surface area is 387 Å². The Hall–Kier alpha value is -9.20. The molecule has 7 heteroatoms. The maximum absolute atomic E-state index is 9.03. The molecule has 0 aliphatic heterocycles. The molecule has 0 spiro atoms. The monoisotopic (exact) mass is 859 g/mol. The van der Waals surface area contributed by atoms with Gasteiger partial charge >= 0.3 is 0 Å². The first-order valence-electron chi connectivity index (χ1n) is 22.4. The molecule has 0 atom stereocenters. The van der Waals surface area contributed by atoms with Crippen LogP contribution in [0.2, 0.25) is 0 Å². The number of hydrogen-bond acceptors (Lipinski definition) is 3. The molecule has 9 aromatic carbocycles. The standard InChI is InChI=1S/C60H41N7/c61-58(42-24-9-3-10-25-42)64-59(43-26-11-4-12-27-43)65-67-55-35-18-14-31-47(55)50-37-56-49(38-57(50)67)46-30-13-16-33-53(46)66(56)54-34-17-15-32-48(54)60-62-51(41-22-7-2-8-23-41)39-52(63-60)45-29-19-28-44(36-45)40-20-5-1-6-21-40/h1-39H,(H2,61,64,65). The normalized spacial score (nSPS) is 11.7. The highest BCUT2D eigenvalue weighted by Gasteiger charge is 2.22. The number of hydrogen-bond donors (Lipinski definition) is 2. The van der Waals surface area contributed by atoms with Crippen LogP contribution in [0, 0.1) is 5.41 Å². The number of aliphatic imine (C=N–C) groups is 1. The molecular weight excluding hydrogens is 819 g/mol. The number of benzene rings is 9. The molecule has 0 saturated carbocycles. The van der Waals surface area contributed by atoms with Crippen LogP contribution in [0.4, 0.5) is 0 Å². The molecule has 0 fully saturated rings. The van der Waals surface area contributed by atoms with Gasteiger partial charge < -0.3 is 4.57 Å². The molecule has 2 N–H and O–H groups in total. The van der Waals surface area contributed by atoms with Gasteiger partial charge in [0.15, 0.2) is 17.5 Å². The third-order valence-corrected chi connectivity index (χ3v) is 12.4. The van der Waals surface area contributed by atoms with Crippen molar-refractivity contribution in [3.8, 4) is 50.7 Å². The fraction of sp³-hybridized carbons (Fsp3) is 0. The van der Waals surface area contributed by atoms with Crippen molar-refractivity contribution in [2.24, 2.45) is 4.99 Å². The first kappa shape index (κ1) is 39.4. The van der Waals surface area contributed by atoms with E-state index >= 15 is 0 Å². The van der Waals surface area contributed by atoms with Gasteiger partial charge in [-0.1, -0.05) is 188 Å². The Balaban J connectivity index is 1.06. The van der Waals surface area contributed by atoms with E-state index in [2.05, 4.69) is 178 Å². The van der Waals surface area contributed by atoms with Crippen LogP contribution < -0.4 is 5.43 Å². The zero-order valence-corrected chi connectivity index (χ0v) is 36.3. The SMILES string of the molecule is N=C(N=C(Nn1c2ccccc2c2cc3c(cc21)c1ccccc1n3-c1ccccc1-c1nc(-c2ccccc2)cc(-c2cccc(-c3ccccc3)c2)n1)c1ccccc1)c1ccccc1. The maximum Gasteiger partial charge on any atom is 0.162 e. The number of fused-ring (bicyclic) bond motifs is 6. The Kier molecular flexibility index (Phi) is 9.84. The fourth-order valence-corrected chi connectivity index (χ4v) is 9.26. The van der Waals surface area contributed by atoms with Gasteiger partial charge in [-0.25, -0.2) is 15.0 Å². The van der Waals surface area contributed by atoms with Crippen LogP contribution in [-0.2, 0) is 0 Å². The molecule has 316 valence electrons. The van der Waals surface area contributed by atoms with Crippen LogP contribution in [0.3, 0.4) is 0 Å². The lowest BCUT2D eigenvalue weighted by molar-refractivity contribution is 1.08. The van der Waals surface area contributed by atoms with Gasteiger partial charge in [0.05, 0.1) is 39.1 Å². The fourth-order valence-electron chi connectivity index (χ4n) is 9.26. The number of amidine groups is 2. The molecule has 12 aromatic rings. The van der Waals surface area contributed by atoms with Crippen molar-refractivity contribution in [3.63, 3.8) is 0 Å². The Bertz CT molecular complexity index is 3840. The van der Waals surface area contributed by atoms with E-state index in [1.54, 1.807) is 0 Å². The van der Waals surface area contributed by atoms with Gasteiger partial charge in [0, 0.05) is 49.4 Å². The molecule has 0 aliphatic rings. The van der Waals surface area contributed by atoms with E-state index in [1.807, 2.05) is 72.8 Å². The molecule has 7 nitrogen and oxygen atoms in total. The molecule has 3 heterocycles. The minimum atomic E-state index is 0.169. The topological polar surface area (TPSA) is 83.9 Å². The van der Waals surface area contributed by atoms with E-state index < -0.39 is 0 Å². The predicted molar refractivity (Wildman–Crippen MR) is 277 cm³/mol. The second-order valence-corrected chi connectivity index (χ2v) is 16.5. The van der Waals surface area contributed by atoms with Crippen molar-refractivity contribution >= 4 is 55.3 Å². The zero-order valence-electron chi connectivity index (χ0n) is 36.3. The van der Waals surface area contributed by atoms with Crippen LogP contribution in [0.25, 0.3) is 94.3 Å². The summed E-state index contributed by atoms with van der Waals surface area (Å²) in [6.45, 7) is 0. The molecule has 0 aliphatic carbocycles. The average molecular weight is 860 g/mol. The van der Waals surface area contributed by atoms with Gasteiger partial charge in [0.2, 0.25) is 0 Å². The zero-order chi connectivity index (χ0) is 44.7. The lowest BCUT2D eigenvalue weighted by Crippen LogP contribution is -2.25. The van der Waals surface area contributed by atoms with Crippen LogP contribution in [-0.4, -0.2) is 30.9 Å². The van der Waals surface area contributed by atoms with E-state index in [-0.39, 0.29) is 5.84 Å². The molecule has 0 bridgehead atoms. The minimum Gasteiger partial charge on any atom is -0.308 e. The van der Waals surface area contributed by atoms with E-state index in [1.165, 1.54) is 0 Å². The Morgan fingerprint density at radius 1 is 0.403 bits per heavy atom. The summed E-state index contributed by atoms with van der Waals surface area (Å²) in [5, 5.41) is 13.4. The van der Waals surface area contributed by atoms with Gasteiger partial charge in [-0.2, -0.15) is 0 Å². The summed E-state index contributed by atoms with van der Waals surface area (Å²) in [5.41, 5.74) is 17.3. The number of nitrogens with one attached hydrogen (secondary N) is 2. The van der Waals surface area contributed by atoms with Crippen LogP contribution in [0.1, 0.15) is 11.1 Å². The second-order valence-electron chi connectivity index (χ2n) is 16.5. The van der Waals surface area contributed by atoms with Crippen molar-refractivity contribution in [3.05, 3.63) is 248 Å². The highest BCUT2D eigenvalue weighted by Crippen LogP contribution is 2.40. The van der Waals surface area contributed by atoms with Crippen LogP contribution >= 0.6 is 0 Å². The van der Waals surface area contributed by atoms with E-state index in [0.717, 1.165) is 99.6 Å². The quantitative estimate of drug-likeness (QED) is 0.118. The van der Waals surface area contributed by atoms with Crippen molar-refractivity contribution < 1.29 is 0 Å². The third kappa shape index (κ3) is 7.21. The molecule has 3 aromatic heterocycles. The van der Waals surface area contributed by atoms with E-state index in [4.69, 9.17) is 20.4 Å². The molecule has 0 unspecified atom stereocenters. The van der Waals surface area contributed by atoms with E-state index in [0.29, 0.717) is 11.7 Å². The number of aromatic nitrogens is 4. The largest absolute Gasteiger partial charge is 0.308 e. The van der Waals surface area contributed by atoms with Crippen LogP contribution in [0.5, 0.6) is 0 Å². The van der Waals surface area contributed by atoms with Gasteiger partial charge in [0.1, 0.15) is 0 Å². The van der Waals surface area contributed by atoms with Crippen molar-refractivity contribution in [1.82, 2.24) is 19.2 Å². The molecule has 12 rings (SSSR count). The van der Waals surface area contributed by atoms with Gasteiger partial charge in [-0.05, 0) is 59.7 Å². The molecule has 0 radical (unpaired) electrons. The van der Waals surface area contributed by atoms with Gasteiger partial charge in [0.25, 0.3) is 0 Å².